The minimum absolute atomic E-state index is 0.0423. The smallest absolute Gasteiger partial charge is 0.340 e. The molecule has 13 heteroatoms. The summed E-state index contributed by atoms with van der Waals surface area (Å²) < 4.78 is 43.5. The Bertz CT molecular complexity index is 1250. The second-order valence-corrected chi connectivity index (χ2v) is 10.7. The second kappa shape index (κ2) is 9.43. The van der Waals surface area contributed by atoms with E-state index in [2.05, 4.69) is 25.7 Å². The van der Waals surface area contributed by atoms with Gasteiger partial charge in [-0.2, -0.15) is 18.3 Å². The lowest BCUT2D eigenvalue weighted by molar-refractivity contribution is -0.137. The topological polar surface area (TPSA) is 88.0 Å². The molecule has 0 radical (unpaired) electrons. The summed E-state index contributed by atoms with van der Waals surface area (Å²) in [7, 11) is 1.69. The zero-order valence-corrected chi connectivity index (χ0v) is 20.8. The van der Waals surface area contributed by atoms with Gasteiger partial charge in [0, 0.05) is 30.4 Å². The molecule has 8 nitrogen and oxygen atoms in total. The summed E-state index contributed by atoms with van der Waals surface area (Å²) in [6.45, 7) is 4.33. The van der Waals surface area contributed by atoms with Gasteiger partial charge in [-0.05, 0) is 38.9 Å². The van der Waals surface area contributed by atoms with Crippen molar-refractivity contribution in [1.29, 1.82) is 0 Å². The van der Waals surface area contributed by atoms with E-state index in [0.29, 0.717) is 27.8 Å². The molecule has 3 aromatic rings. The van der Waals surface area contributed by atoms with Crippen LogP contribution in [0, 0.1) is 6.92 Å². The fraction of sp³-hybridized carbons (Fsp3) is 0.455. The number of amides is 1. The van der Waals surface area contributed by atoms with Crippen LogP contribution in [0.2, 0.25) is 0 Å². The molecule has 0 aromatic carbocycles. The molecule has 1 saturated heterocycles. The van der Waals surface area contributed by atoms with Crippen molar-refractivity contribution >= 4 is 40.6 Å². The number of hydrogen-bond acceptors (Lipinski definition) is 8. The van der Waals surface area contributed by atoms with Gasteiger partial charge in [0.05, 0.1) is 34.2 Å². The first-order chi connectivity index (χ1) is 16.7. The van der Waals surface area contributed by atoms with Gasteiger partial charge in [-0.15, -0.1) is 23.1 Å². The number of alkyl halides is 3. The number of thioether (sulfide) groups is 1. The molecule has 3 aromatic heterocycles. The first-order valence-electron chi connectivity index (χ1n) is 11.2. The summed E-state index contributed by atoms with van der Waals surface area (Å²) in [5.41, 5.74) is 0.332. The largest absolute Gasteiger partial charge is 0.420 e. The average molecular weight is 524 g/mol. The Morgan fingerprint density at radius 2 is 2.00 bits per heavy atom. The van der Waals surface area contributed by atoms with Crippen LogP contribution in [0.25, 0.3) is 10.6 Å². The molecule has 0 saturated carbocycles. The fourth-order valence-electron chi connectivity index (χ4n) is 4.24. The van der Waals surface area contributed by atoms with Crippen molar-refractivity contribution in [3.8, 4) is 10.6 Å². The van der Waals surface area contributed by atoms with Crippen molar-refractivity contribution in [3.05, 3.63) is 34.6 Å². The van der Waals surface area contributed by atoms with Crippen LogP contribution in [-0.2, 0) is 6.18 Å². The summed E-state index contributed by atoms with van der Waals surface area (Å²) in [4.78, 5) is 23.9. The van der Waals surface area contributed by atoms with Crippen LogP contribution in [0.5, 0.6) is 0 Å². The van der Waals surface area contributed by atoms with Gasteiger partial charge in [0.1, 0.15) is 10.4 Å². The van der Waals surface area contributed by atoms with Crippen LogP contribution >= 0.6 is 23.1 Å². The molecule has 0 spiro atoms. The molecule has 0 bridgehead atoms. The van der Waals surface area contributed by atoms with Crippen molar-refractivity contribution in [1.82, 2.24) is 30.0 Å². The van der Waals surface area contributed by atoms with Crippen LogP contribution in [0.15, 0.2) is 23.4 Å². The molecule has 0 atom stereocenters. The lowest BCUT2D eigenvalue weighted by atomic mass is 10.1. The van der Waals surface area contributed by atoms with Crippen LogP contribution < -0.4 is 10.6 Å². The molecule has 2 aliphatic rings. The van der Waals surface area contributed by atoms with Gasteiger partial charge in [0.15, 0.2) is 0 Å². The number of nitrogens with one attached hydrogen (secondary N) is 2. The standard InChI is InChI=1S/C22H24F3N7OS2/c1-12-15(11-28-32(12)13-3-5-26-6-4-13)29-21-27-10-14(22(23,24)25)18(30-21)16-9-17-19(35-16)20(33)31(2)7-8-34-17/h9-11,13,26H,3-8H2,1-2H3,(H,27,29,30). The molecule has 186 valence electrons. The van der Waals surface area contributed by atoms with Gasteiger partial charge < -0.3 is 15.5 Å². The minimum Gasteiger partial charge on any atom is -0.340 e. The predicted octanol–water partition coefficient (Wildman–Crippen LogP) is 4.57. The number of hydrogen-bond donors (Lipinski definition) is 2. The lowest BCUT2D eigenvalue weighted by Gasteiger charge is -2.24. The van der Waals surface area contributed by atoms with E-state index in [9.17, 15) is 18.0 Å². The number of nitrogens with zero attached hydrogens (tertiary/aromatic N) is 5. The molecular formula is C22H24F3N7OS2. The molecule has 1 fully saturated rings. The van der Waals surface area contributed by atoms with E-state index in [0.717, 1.165) is 49.2 Å². The number of carbonyl (C=O) groups excluding carboxylic acids is 1. The number of rotatable bonds is 4. The van der Waals surface area contributed by atoms with E-state index in [1.807, 2.05) is 11.6 Å². The van der Waals surface area contributed by atoms with Gasteiger partial charge in [0.25, 0.3) is 5.91 Å². The first-order valence-corrected chi connectivity index (χ1v) is 13.0. The number of fused-ring (bicyclic) bond motifs is 1. The monoisotopic (exact) mass is 523 g/mol. The van der Waals surface area contributed by atoms with Crippen LogP contribution in [0.1, 0.15) is 39.8 Å². The van der Waals surface area contributed by atoms with Crippen molar-refractivity contribution in [2.75, 3.05) is 37.8 Å². The molecule has 1 amide bonds. The van der Waals surface area contributed by atoms with Crippen molar-refractivity contribution in [2.24, 2.45) is 0 Å². The van der Waals surface area contributed by atoms with E-state index < -0.39 is 11.7 Å². The van der Waals surface area contributed by atoms with Crippen LogP contribution in [0.4, 0.5) is 24.8 Å². The number of anilines is 2. The van der Waals surface area contributed by atoms with Gasteiger partial charge in [0.2, 0.25) is 5.95 Å². The zero-order valence-electron chi connectivity index (χ0n) is 19.1. The summed E-state index contributed by atoms with van der Waals surface area (Å²) in [5.74, 6) is 0.526. The second-order valence-electron chi connectivity index (χ2n) is 8.53. The lowest BCUT2D eigenvalue weighted by Crippen LogP contribution is -2.30. The highest BCUT2D eigenvalue weighted by Gasteiger charge is 2.37. The Balaban J connectivity index is 1.50. The Hall–Kier alpha value is -2.64. The van der Waals surface area contributed by atoms with Crippen molar-refractivity contribution in [2.45, 2.75) is 36.9 Å². The third kappa shape index (κ3) is 4.76. The quantitative estimate of drug-likeness (QED) is 0.518. The summed E-state index contributed by atoms with van der Waals surface area (Å²) >= 11 is 2.50. The van der Waals surface area contributed by atoms with Gasteiger partial charge in [-0.25, -0.2) is 9.97 Å². The number of thiophene rings is 1. The molecule has 5 heterocycles. The Morgan fingerprint density at radius 3 is 2.74 bits per heavy atom. The van der Waals surface area contributed by atoms with Gasteiger partial charge in [-0.1, -0.05) is 0 Å². The van der Waals surface area contributed by atoms with E-state index in [-0.39, 0.29) is 28.5 Å². The van der Waals surface area contributed by atoms with Crippen molar-refractivity contribution in [3.63, 3.8) is 0 Å². The minimum atomic E-state index is -4.64. The normalized spacial score (nSPS) is 17.4. The molecule has 0 aliphatic carbocycles. The zero-order chi connectivity index (χ0) is 24.7. The highest BCUT2D eigenvalue weighted by atomic mass is 32.2. The van der Waals surface area contributed by atoms with E-state index >= 15 is 0 Å². The number of carbonyl (C=O) groups is 1. The van der Waals surface area contributed by atoms with Crippen molar-refractivity contribution < 1.29 is 18.0 Å². The maximum absolute atomic E-state index is 13.9. The highest BCUT2D eigenvalue weighted by molar-refractivity contribution is 7.99. The van der Waals surface area contributed by atoms with Gasteiger partial charge in [-0.3, -0.25) is 9.48 Å². The maximum atomic E-state index is 13.9. The third-order valence-corrected chi connectivity index (χ3v) is 8.48. The predicted molar refractivity (Wildman–Crippen MR) is 129 cm³/mol. The van der Waals surface area contributed by atoms with Crippen LogP contribution in [0.3, 0.4) is 0 Å². The Kier molecular flexibility index (Phi) is 6.49. The van der Waals surface area contributed by atoms with E-state index in [1.165, 1.54) is 11.8 Å². The molecular weight excluding hydrogens is 499 g/mol. The first kappa shape index (κ1) is 24.1. The summed E-state index contributed by atoms with van der Waals surface area (Å²) in [5, 5.41) is 10.9. The van der Waals surface area contributed by atoms with E-state index in [1.54, 1.807) is 24.2 Å². The molecule has 2 N–H and O–H groups in total. The SMILES string of the molecule is Cc1c(Nc2ncc(C(F)(F)F)c(-c3cc4c(s3)C(=O)N(C)CCS4)n2)cnn1C1CCNCC1. The number of piperidine rings is 1. The summed E-state index contributed by atoms with van der Waals surface area (Å²) in [6, 6.07) is 1.90. The fourth-order valence-corrected chi connectivity index (χ4v) is 6.67. The average Bonchev–Trinajstić information content (AvgIpc) is 3.39. The Morgan fingerprint density at radius 1 is 1.23 bits per heavy atom. The van der Waals surface area contributed by atoms with Gasteiger partial charge >= 0.3 is 6.18 Å². The highest BCUT2D eigenvalue weighted by Crippen LogP contribution is 2.43. The molecule has 35 heavy (non-hydrogen) atoms. The molecule has 2 aliphatic heterocycles. The van der Waals surface area contributed by atoms with E-state index in [4.69, 9.17) is 0 Å². The summed E-state index contributed by atoms with van der Waals surface area (Å²) in [6.07, 6.45) is -0.283. The van der Waals surface area contributed by atoms with Crippen LogP contribution in [-0.4, -0.2) is 63.0 Å². The Labute approximate surface area is 208 Å². The molecule has 0 unspecified atom stereocenters. The third-order valence-electron chi connectivity index (χ3n) is 6.20. The number of halogens is 3. The number of aromatic nitrogens is 4. The maximum Gasteiger partial charge on any atom is 0.420 e. The molecule has 5 rings (SSSR count).